The van der Waals surface area contributed by atoms with Crippen molar-refractivity contribution >= 4 is 17.0 Å². The molecule has 3 aromatic rings. The summed E-state index contributed by atoms with van der Waals surface area (Å²) in [4.78, 5) is 0. The van der Waals surface area contributed by atoms with E-state index in [1.807, 2.05) is 62.4 Å². The number of phenolic OH excluding ortho intramolecular Hbond substituents is 1. The van der Waals surface area contributed by atoms with Crippen LogP contribution in [0.2, 0.25) is 0 Å². The summed E-state index contributed by atoms with van der Waals surface area (Å²) in [5, 5.41) is 11.5. The van der Waals surface area contributed by atoms with Crippen LogP contribution in [0.3, 0.4) is 0 Å². The zero-order valence-corrected chi connectivity index (χ0v) is 12.8. The number of allylic oxidation sites excluding steroid dienone is 2. The molecule has 0 aliphatic carbocycles. The third-order valence-corrected chi connectivity index (χ3v) is 3.83. The Labute approximate surface area is 130 Å². The van der Waals surface area contributed by atoms with Crippen molar-refractivity contribution in [2.45, 2.75) is 13.8 Å². The number of benzene rings is 2. The van der Waals surface area contributed by atoms with Crippen LogP contribution in [0, 0.1) is 13.8 Å². The lowest BCUT2D eigenvalue weighted by atomic mass is 9.97. The van der Waals surface area contributed by atoms with Crippen LogP contribution in [0.1, 0.15) is 16.9 Å². The fourth-order valence-corrected chi connectivity index (χ4v) is 2.74. The summed E-state index contributed by atoms with van der Waals surface area (Å²) in [6.07, 6.45) is 5.62. The Bertz CT molecular complexity index is 868. The lowest BCUT2D eigenvalue weighted by Crippen LogP contribution is -1.84. The van der Waals surface area contributed by atoms with Gasteiger partial charge >= 0.3 is 0 Å². The van der Waals surface area contributed by atoms with Crippen molar-refractivity contribution in [2.75, 3.05) is 0 Å². The quantitative estimate of drug-likeness (QED) is 0.635. The van der Waals surface area contributed by atoms with Crippen LogP contribution in [0.15, 0.2) is 59.5 Å². The van der Waals surface area contributed by atoms with Crippen molar-refractivity contribution in [1.82, 2.24) is 0 Å². The lowest BCUT2D eigenvalue weighted by molar-refractivity contribution is 0.472. The van der Waals surface area contributed by atoms with Crippen LogP contribution in [0.25, 0.3) is 28.2 Å². The largest absolute Gasteiger partial charge is 0.507 e. The SMILES string of the molecule is C=C/C=C\c1c(C)oc2c(-c3ccccc3)c(O)c(C)cc12. The molecular weight excluding hydrogens is 272 g/mol. The Hall–Kier alpha value is -2.74. The minimum absolute atomic E-state index is 0.270. The molecule has 0 fully saturated rings. The van der Waals surface area contributed by atoms with E-state index < -0.39 is 0 Å². The second-order valence-corrected chi connectivity index (χ2v) is 5.33. The number of hydrogen-bond acceptors (Lipinski definition) is 2. The van der Waals surface area contributed by atoms with E-state index in [-0.39, 0.29) is 5.75 Å². The number of furan rings is 1. The van der Waals surface area contributed by atoms with Gasteiger partial charge in [-0.1, -0.05) is 55.1 Å². The first-order chi connectivity index (χ1) is 10.6. The predicted octanol–water partition coefficient (Wildman–Crippen LogP) is 5.62. The van der Waals surface area contributed by atoms with Gasteiger partial charge in [0.15, 0.2) is 0 Å². The van der Waals surface area contributed by atoms with Gasteiger partial charge in [-0.2, -0.15) is 0 Å². The summed E-state index contributed by atoms with van der Waals surface area (Å²) >= 11 is 0. The number of phenols is 1. The van der Waals surface area contributed by atoms with Gasteiger partial charge in [0.2, 0.25) is 0 Å². The van der Waals surface area contributed by atoms with E-state index in [9.17, 15) is 5.11 Å². The van der Waals surface area contributed by atoms with Crippen LogP contribution < -0.4 is 0 Å². The van der Waals surface area contributed by atoms with Crippen molar-refractivity contribution in [3.8, 4) is 16.9 Å². The van der Waals surface area contributed by atoms with Gasteiger partial charge in [0.1, 0.15) is 17.1 Å². The standard InChI is InChI=1S/C20H18O2/c1-4-5-11-16-14(3)22-20-17(16)12-13(2)19(21)18(20)15-9-7-6-8-10-15/h4-12,21H,1H2,2-3H3/b11-5-. The maximum absolute atomic E-state index is 10.5. The number of rotatable bonds is 3. The molecule has 0 amide bonds. The molecular formula is C20H18O2. The van der Waals surface area contributed by atoms with Crippen LogP contribution in [-0.2, 0) is 0 Å². The average molecular weight is 290 g/mol. The molecule has 0 aliphatic rings. The molecule has 22 heavy (non-hydrogen) atoms. The van der Waals surface area contributed by atoms with E-state index in [4.69, 9.17) is 4.42 Å². The molecule has 0 aliphatic heterocycles. The number of aromatic hydroxyl groups is 1. The lowest BCUT2D eigenvalue weighted by Gasteiger charge is -2.08. The highest BCUT2D eigenvalue weighted by Gasteiger charge is 2.18. The minimum Gasteiger partial charge on any atom is -0.507 e. The fraction of sp³-hybridized carbons (Fsp3) is 0.100. The Morgan fingerprint density at radius 2 is 1.86 bits per heavy atom. The molecule has 2 heteroatoms. The normalized spacial score (nSPS) is 11.4. The number of aryl methyl sites for hydroxylation is 2. The molecule has 0 saturated carbocycles. The zero-order valence-electron chi connectivity index (χ0n) is 12.8. The number of fused-ring (bicyclic) bond motifs is 1. The van der Waals surface area contributed by atoms with Crippen LogP contribution in [0.4, 0.5) is 0 Å². The molecule has 2 nitrogen and oxygen atoms in total. The molecule has 1 aromatic heterocycles. The third-order valence-electron chi connectivity index (χ3n) is 3.83. The molecule has 3 rings (SSSR count). The molecule has 0 saturated heterocycles. The summed E-state index contributed by atoms with van der Waals surface area (Å²) in [7, 11) is 0. The van der Waals surface area contributed by atoms with Crippen molar-refractivity contribution in [1.29, 1.82) is 0 Å². The maximum Gasteiger partial charge on any atom is 0.146 e. The first-order valence-electron chi connectivity index (χ1n) is 7.23. The van der Waals surface area contributed by atoms with Crippen molar-refractivity contribution < 1.29 is 9.52 Å². The van der Waals surface area contributed by atoms with Crippen LogP contribution >= 0.6 is 0 Å². The molecule has 0 radical (unpaired) electrons. The Kier molecular flexibility index (Phi) is 3.60. The summed E-state index contributed by atoms with van der Waals surface area (Å²) in [6, 6.07) is 11.8. The van der Waals surface area contributed by atoms with Gasteiger partial charge in [0.05, 0.1) is 5.56 Å². The first-order valence-corrected chi connectivity index (χ1v) is 7.23. The van der Waals surface area contributed by atoms with Gasteiger partial charge < -0.3 is 9.52 Å². The van der Waals surface area contributed by atoms with E-state index in [0.717, 1.165) is 39.0 Å². The van der Waals surface area contributed by atoms with Crippen LogP contribution in [0.5, 0.6) is 5.75 Å². The zero-order chi connectivity index (χ0) is 15.7. The molecule has 0 atom stereocenters. The summed E-state index contributed by atoms with van der Waals surface area (Å²) in [5.74, 6) is 1.10. The molecule has 2 aromatic carbocycles. The predicted molar refractivity (Wildman–Crippen MR) is 92.0 cm³/mol. The Morgan fingerprint density at radius 1 is 1.14 bits per heavy atom. The second kappa shape index (κ2) is 5.57. The van der Waals surface area contributed by atoms with E-state index in [0.29, 0.717) is 0 Å². The summed E-state index contributed by atoms with van der Waals surface area (Å²) in [5.41, 5.74) is 4.27. The van der Waals surface area contributed by atoms with Gasteiger partial charge in [0.25, 0.3) is 0 Å². The first kappa shape index (κ1) is 14.2. The highest BCUT2D eigenvalue weighted by Crippen LogP contribution is 2.42. The molecule has 0 spiro atoms. The smallest absolute Gasteiger partial charge is 0.146 e. The van der Waals surface area contributed by atoms with E-state index in [1.54, 1.807) is 6.08 Å². The molecule has 0 unspecified atom stereocenters. The summed E-state index contributed by atoms with van der Waals surface area (Å²) in [6.45, 7) is 7.55. The van der Waals surface area contributed by atoms with Gasteiger partial charge in [-0.25, -0.2) is 0 Å². The van der Waals surface area contributed by atoms with Gasteiger partial charge in [0, 0.05) is 10.9 Å². The Morgan fingerprint density at radius 3 is 2.55 bits per heavy atom. The highest BCUT2D eigenvalue weighted by molar-refractivity contribution is 6.01. The third kappa shape index (κ3) is 2.23. The van der Waals surface area contributed by atoms with Gasteiger partial charge in [-0.05, 0) is 31.0 Å². The molecule has 0 bridgehead atoms. The summed E-state index contributed by atoms with van der Waals surface area (Å²) < 4.78 is 5.97. The van der Waals surface area contributed by atoms with Crippen LogP contribution in [-0.4, -0.2) is 5.11 Å². The minimum atomic E-state index is 0.270. The fourth-order valence-electron chi connectivity index (χ4n) is 2.74. The second-order valence-electron chi connectivity index (χ2n) is 5.33. The van der Waals surface area contributed by atoms with Crippen molar-refractivity contribution in [3.05, 3.63) is 72.0 Å². The van der Waals surface area contributed by atoms with Gasteiger partial charge in [-0.15, -0.1) is 0 Å². The molecule has 1 N–H and O–H groups in total. The van der Waals surface area contributed by atoms with E-state index in [2.05, 4.69) is 6.58 Å². The van der Waals surface area contributed by atoms with Crippen molar-refractivity contribution in [2.24, 2.45) is 0 Å². The molecule has 1 heterocycles. The van der Waals surface area contributed by atoms with Crippen molar-refractivity contribution in [3.63, 3.8) is 0 Å². The topological polar surface area (TPSA) is 33.4 Å². The van der Waals surface area contributed by atoms with Gasteiger partial charge in [-0.3, -0.25) is 0 Å². The van der Waals surface area contributed by atoms with E-state index in [1.165, 1.54) is 0 Å². The monoisotopic (exact) mass is 290 g/mol. The average Bonchev–Trinajstić information content (AvgIpc) is 2.82. The Balaban J connectivity index is 2.39. The van der Waals surface area contributed by atoms with E-state index >= 15 is 0 Å². The number of hydrogen-bond donors (Lipinski definition) is 1. The molecule has 110 valence electrons. The highest BCUT2D eigenvalue weighted by atomic mass is 16.3. The maximum atomic E-state index is 10.5.